The van der Waals surface area contributed by atoms with Crippen LogP contribution in [0.3, 0.4) is 0 Å². The minimum atomic E-state index is -0.455. The Morgan fingerprint density at radius 3 is 2.76 bits per heavy atom. The molecule has 2 aromatic rings. The van der Waals surface area contributed by atoms with Gasteiger partial charge in [0.2, 0.25) is 0 Å². The molecule has 1 aliphatic rings. The van der Waals surface area contributed by atoms with E-state index in [-0.39, 0.29) is 12.1 Å². The number of thiazole rings is 1. The number of alkyl carbamates (subject to hydrolysis) is 1. The number of hydrogen-bond acceptors (Lipinski definition) is 4. The number of hydrogen-bond donors (Lipinski definition) is 1. The fraction of sp³-hybridized carbons (Fsp3) is 0.500. The maximum absolute atomic E-state index is 11.9. The number of nitrogens with one attached hydrogen (secondary N) is 1. The normalized spacial score (nSPS) is 20.4. The summed E-state index contributed by atoms with van der Waals surface area (Å²) in [7, 11) is 0. The molecule has 2 atom stereocenters. The van der Waals surface area contributed by atoms with Gasteiger partial charge in [-0.2, -0.15) is 0 Å². The fourth-order valence-electron chi connectivity index (χ4n) is 3.21. The Kier molecular flexibility index (Phi) is 5.42. The summed E-state index contributed by atoms with van der Waals surface area (Å²) < 4.78 is 5.35. The lowest BCUT2D eigenvalue weighted by molar-refractivity contribution is 0.0505. The van der Waals surface area contributed by atoms with E-state index < -0.39 is 5.60 Å². The van der Waals surface area contributed by atoms with Crippen molar-refractivity contribution in [2.24, 2.45) is 0 Å². The minimum Gasteiger partial charge on any atom is -0.444 e. The van der Waals surface area contributed by atoms with Crippen molar-refractivity contribution in [1.82, 2.24) is 10.3 Å². The fourth-order valence-corrected chi connectivity index (χ4v) is 4.18. The third-order valence-electron chi connectivity index (χ3n) is 4.30. The molecule has 3 rings (SSSR count). The molecule has 1 aromatic heterocycles. The van der Waals surface area contributed by atoms with E-state index in [9.17, 15) is 4.79 Å². The third-order valence-corrected chi connectivity index (χ3v) is 5.36. The van der Waals surface area contributed by atoms with Crippen molar-refractivity contribution in [3.8, 4) is 0 Å². The highest BCUT2D eigenvalue weighted by Crippen LogP contribution is 2.36. The lowest BCUT2D eigenvalue weighted by atomic mass is 10.1. The number of benzene rings is 1. The molecule has 0 radical (unpaired) electrons. The van der Waals surface area contributed by atoms with Gasteiger partial charge in [-0.25, -0.2) is 9.78 Å². The molecule has 0 aliphatic heterocycles. The number of aromatic nitrogens is 1. The van der Waals surface area contributed by atoms with Gasteiger partial charge in [-0.05, 0) is 45.6 Å². The average molecular weight is 359 g/mol. The van der Waals surface area contributed by atoms with Crippen LogP contribution in [0, 0.1) is 0 Å². The van der Waals surface area contributed by atoms with E-state index >= 15 is 0 Å². The Hall–Kier alpha value is -1.88. The zero-order valence-corrected chi connectivity index (χ0v) is 15.9. The lowest BCUT2D eigenvalue weighted by Crippen LogP contribution is -2.37. The highest BCUT2D eigenvalue weighted by atomic mass is 32.1. The summed E-state index contributed by atoms with van der Waals surface area (Å²) >= 11 is 1.74. The van der Waals surface area contributed by atoms with Crippen LogP contribution in [-0.2, 0) is 11.2 Å². The van der Waals surface area contributed by atoms with Gasteiger partial charge in [-0.1, -0.05) is 30.3 Å². The van der Waals surface area contributed by atoms with Crippen LogP contribution in [0.25, 0.3) is 0 Å². The van der Waals surface area contributed by atoms with Crippen LogP contribution >= 0.6 is 11.3 Å². The first kappa shape index (κ1) is 17.9. The molecule has 1 amide bonds. The minimum absolute atomic E-state index is 0.182. The summed E-state index contributed by atoms with van der Waals surface area (Å²) in [6.45, 7) is 5.65. The van der Waals surface area contributed by atoms with Crippen LogP contribution in [0.1, 0.15) is 62.2 Å². The molecule has 1 heterocycles. The Labute approximate surface area is 153 Å². The van der Waals surface area contributed by atoms with Crippen LogP contribution in [0.2, 0.25) is 0 Å². The maximum atomic E-state index is 11.9. The monoisotopic (exact) mass is 358 g/mol. The van der Waals surface area contributed by atoms with Crippen molar-refractivity contribution in [2.45, 2.75) is 64.0 Å². The lowest BCUT2D eigenvalue weighted by Gasteiger charge is -2.21. The Bertz CT molecular complexity index is 706. The molecule has 1 N–H and O–H groups in total. The molecule has 0 bridgehead atoms. The molecular formula is C20H26N2O2S. The molecule has 25 heavy (non-hydrogen) atoms. The number of carbonyl (C=O) groups excluding carboxylic acids is 1. The predicted molar refractivity (Wildman–Crippen MR) is 101 cm³/mol. The second-order valence-electron chi connectivity index (χ2n) is 7.69. The van der Waals surface area contributed by atoms with Gasteiger partial charge in [0.05, 0.1) is 10.7 Å². The summed E-state index contributed by atoms with van der Waals surface area (Å²) in [6, 6.07) is 10.6. The number of amides is 1. The van der Waals surface area contributed by atoms with Gasteiger partial charge in [0.25, 0.3) is 0 Å². The Morgan fingerprint density at radius 2 is 2.04 bits per heavy atom. The third kappa shape index (κ3) is 5.30. The van der Waals surface area contributed by atoms with E-state index in [1.807, 2.05) is 26.8 Å². The molecule has 5 heteroatoms. The summed E-state index contributed by atoms with van der Waals surface area (Å²) in [6.07, 6.45) is 3.55. The van der Waals surface area contributed by atoms with Crippen LogP contribution in [0.4, 0.5) is 4.79 Å². The molecule has 1 aliphatic carbocycles. The highest BCUT2D eigenvalue weighted by Gasteiger charge is 2.30. The molecule has 134 valence electrons. The van der Waals surface area contributed by atoms with Gasteiger partial charge < -0.3 is 10.1 Å². The Balaban J connectivity index is 1.53. The summed E-state index contributed by atoms with van der Waals surface area (Å²) in [5.41, 5.74) is 1.97. The molecule has 1 saturated carbocycles. The van der Waals surface area contributed by atoms with Crippen LogP contribution in [-0.4, -0.2) is 22.7 Å². The van der Waals surface area contributed by atoms with Crippen LogP contribution in [0.5, 0.6) is 0 Å². The van der Waals surface area contributed by atoms with Crippen molar-refractivity contribution in [3.05, 3.63) is 52.0 Å². The largest absolute Gasteiger partial charge is 0.444 e. The summed E-state index contributed by atoms with van der Waals surface area (Å²) in [4.78, 5) is 16.8. The molecule has 1 aromatic carbocycles. The van der Waals surface area contributed by atoms with Gasteiger partial charge in [-0.3, -0.25) is 0 Å². The zero-order valence-electron chi connectivity index (χ0n) is 15.1. The predicted octanol–water partition coefficient (Wildman–Crippen LogP) is 4.89. The van der Waals surface area contributed by atoms with Crippen molar-refractivity contribution < 1.29 is 9.53 Å². The smallest absolute Gasteiger partial charge is 0.407 e. The second kappa shape index (κ2) is 7.56. The molecule has 0 saturated heterocycles. The summed E-state index contributed by atoms with van der Waals surface area (Å²) in [5.74, 6) is 0.439. The topological polar surface area (TPSA) is 51.2 Å². The van der Waals surface area contributed by atoms with E-state index in [0.29, 0.717) is 5.92 Å². The van der Waals surface area contributed by atoms with Gasteiger partial charge >= 0.3 is 6.09 Å². The number of ether oxygens (including phenoxy) is 1. The average Bonchev–Trinajstić information content (AvgIpc) is 3.15. The van der Waals surface area contributed by atoms with E-state index in [2.05, 4.69) is 35.0 Å². The van der Waals surface area contributed by atoms with Crippen LogP contribution < -0.4 is 5.32 Å². The quantitative estimate of drug-likeness (QED) is 0.846. The first-order valence-corrected chi connectivity index (χ1v) is 9.75. The van der Waals surface area contributed by atoms with E-state index in [4.69, 9.17) is 9.72 Å². The van der Waals surface area contributed by atoms with Crippen molar-refractivity contribution in [3.63, 3.8) is 0 Å². The van der Waals surface area contributed by atoms with Gasteiger partial charge in [-0.15, -0.1) is 11.3 Å². The SMILES string of the molecule is CC(C)(C)OC(=O)N[C@H]1CC[C@@H](c2nc(Cc3ccccc3)cs2)C1. The number of rotatable bonds is 4. The molecule has 4 nitrogen and oxygen atoms in total. The van der Waals surface area contributed by atoms with E-state index in [1.54, 1.807) is 11.3 Å². The van der Waals surface area contributed by atoms with Gasteiger partial charge in [0, 0.05) is 23.8 Å². The standard InChI is InChI=1S/C20H26N2O2S/c1-20(2,3)24-19(23)22-16-10-9-15(12-16)18-21-17(13-25-18)11-14-7-5-4-6-8-14/h4-8,13,15-16H,9-12H2,1-3H3,(H,22,23)/t15-,16+/m1/s1. The summed E-state index contributed by atoms with van der Waals surface area (Å²) in [5, 5.41) is 6.36. The number of nitrogens with zero attached hydrogens (tertiary/aromatic N) is 1. The molecule has 0 unspecified atom stereocenters. The Morgan fingerprint density at radius 1 is 1.28 bits per heavy atom. The van der Waals surface area contributed by atoms with Crippen LogP contribution in [0.15, 0.2) is 35.7 Å². The van der Waals surface area contributed by atoms with Crippen molar-refractivity contribution in [2.75, 3.05) is 0 Å². The van der Waals surface area contributed by atoms with Gasteiger partial charge in [0.1, 0.15) is 5.60 Å². The molecular weight excluding hydrogens is 332 g/mol. The second-order valence-corrected chi connectivity index (χ2v) is 8.58. The van der Waals surface area contributed by atoms with Crippen molar-refractivity contribution >= 4 is 17.4 Å². The highest BCUT2D eigenvalue weighted by molar-refractivity contribution is 7.09. The molecule has 1 fully saturated rings. The van der Waals surface area contributed by atoms with Crippen molar-refractivity contribution in [1.29, 1.82) is 0 Å². The number of carbonyl (C=O) groups is 1. The van der Waals surface area contributed by atoms with Gasteiger partial charge in [0.15, 0.2) is 0 Å². The maximum Gasteiger partial charge on any atom is 0.407 e. The first-order valence-electron chi connectivity index (χ1n) is 8.87. The molecule has 0 spiro atoms. The van der Waals surface area contributed by atoms with E-state index in [0.717, 1.165) is 31.4 Å². The first-order chi connectivity index (χ1) is 11.9. The van der Waals surface area contributed by atoms with E-state index in [1.165, 1.54) is 10.6 Å². The zero-order chi connectivity index (χ0) is 17.9.